The van der Waals surface area contributed by atoms with Gasteiger partial charge in [-0.15, -0.1) is 0 Å². The van der Waals surface area contributed by atoms with Crippen LogP contribution in [0, 0.1) is 11.3 Å². The minimum absolute atomic E-state index is 0.277. The van der Waals surface area contributed by atoms with Crippen LogP contribution < -0.4 is 0 Å². The van der Waals surface area contributed by atoms with Gasteiger partial charge in [0, 0.05) is 6.42 Å². The van der Waals surface area contributed by atoms with Gasteiger partial charge in [0.05, 0.1) is 0 Å². The summed E-state index contributed by atoms with van der Waals surface area (Å²) < 4.78 is 4.95. The monoisotopic (exact) mass is 214 g/mol. The largest absolute Gasteiger partial charge is 0.480 e. The van der Waals surface area contributed by atoms with E-state index in [-0.39, 0.29) is 6.10 Å². The van der Waals surface area contributed by atoms with Crippen LogP contribution in [0.5, 0.6) is 0 Å². The van der Waals surface area contributed by atoms with Crippen molar-refractivity contribution in [3.05, 3.63) is 0 Å². The van der Waals surface area contributed by atoms with Gasteiger partial charge >= 0.3 is 11.9 Å². The maximum atomic E-state index is 11.6. The van der Waals surface area contributed by atoms with Crippen LogP contribution in [0.4, 0.5) is 0 Å². The lowest BCUT2D eigenvalue weighted by Crippen LogP contribution is -2.36. The van der Waals surface area contributed by atoms with Gasteiger partial charge in [-0.1, -0.05) is 13.8 Å². The zero-order valence-corrected chi connectivity index (χ0v) is 9.45. The number of carbonyl (C=O) groups is 2. The summed E-state index contributed by atoms with van der Waals surface area (Å²) in [7, 11) is 0. The van der Waals surface area contributed by atoms with Gasteiger partial charge in [0.2, 0.25) is 0 Å². The van der Waals surface area contributed by atoms with E-state index in [1.165, 1.54) is 0 Å². The van der Waals surface area contributed by atoms with Crippen LogP contribution in [0.1, 0.15) is 40.0 Å². The Morgan fingerprint density at radius 1 is 1.67 bits per heavy atom. The number of carbonyl (C=O) groups excluding carboxylic acids is 1. The minimum atomic E-state index is -1.29. The Kier molecular flexibility index (Phi) is 3.37. The second-order valence-corrected chi connectivity index (χ2v) is 4.74. The van der Waals surface area contributed by atoms with Gasteiger partial charge in [-0.05, 0) is 25.7 Å². The van der Waals surface area contributed by atoms with Crippen LogP contribution in [0.15, 0.2) is 0 Å². The number of aliphatic carboxylic acids is 1. The SMILES string of the molecule is CC(C)CCC1(C(=O)O)CC(C)OC1=O. The molecule has 0 aromatic rings. The number of carboxylic acids is 1. The van der Waals surface area contributed by atoms with Gasteiger partial charge in [-0.3, -0.25) is 9.59 Å². The predicted octanol–water partition coefficient (Wildman–Crippen LogP) is 1.83. The van der Waals surface area contributed by atoms with E-state index in [9.17, 15) is 9.59 Å². The summed E-state index contributed by atoms with van der Waals surface area (Å²) in [6.45, 7) is 5.76. The molecule has 0 amide bonds. The van der Waals surface area contributed by atoms with Crippen LogP contribution in [-0.4, -0.2) is 23.1 Å². The Morgan fingerprint density at radius 3 is 2.60 bits per heavy atom. The van der Waals surface area contributed by atoms with E-state index < -0.39 is 17.4 Å². The summed E-state index contributed by atoms with van der Waals surface area (Å²) in [5.74, 6) is -1.22. The number of carboxylic acid groups (broad SMARTS) is 1. The Bertz CT molecular complexity index is 272. The molecule has 1 N–H and O–H groups in total. The van der Waals surface area contributed by atoms with Crippen LogP contribution in [0.2, 0.25) is 0 Å². The summed E-state index contributed by atoms with van der Waals surface area (Å²) in [6, 6.07) is 0. The topological polar surface area (TPSA) is 63.6 Å². The van der Waals surface area contributed by atoms with E-state index in [1.54, 1.807) is 6.92 Å². The fourth-order valence-electron chi connectivity index (χ4n) is 1.93. The van der Waals surface area contributed by atoms with Gasteiger partial charge in [-0.25, -0.2) is 0 Å². The standard InChI is InChI=1S/C11H18O4/c1-7(2)4-5-11(9(12)13)6-8(3)15-10(11)14/h7-8H,4-6H2,1-3H3,(H,12,13). The second kappa shape index (κ2) is 4.21. The van der Waals surface area contributed by atoms with Crippen molar-refractivity contribution in [3.8, 4) is 0 Å². The minimum Gasteiger partial charge on any atom is -0.480 e. The fraction of sp³-hybridized carbons (Fsp3) is 0.818. The molecule has 2 atom stereocenters. The number of rotatable bonds is 4. The summed E-state index contributed by atoms with van der Waals surface area (Å²) in [6.07, 6.45) is 1.13. The summed E-state index contributed by atoms with van der Waals surface area (Å²) in [4.78, 5) is 22.7. The molecule has 0 saturated carbocycles. The van der Waals surface area contributed by atoms with Crippen molar-refractivity contribution in [1.82, 2.24) is 0 Å². The number of cyclic esters (lactones) is 1. The second-order valence-electron chi connectivity index (χ2n) is 4.74. The molecule has 15 heavy (non-hydrogen) atoms. The molecule has 1 rings (SSSR count). The highest BCUT2D eigenvalue weighted by Crippen LogP contribution is 2.39. The van der Waals surface area contributed by atoms with Gasteiger partial charge in [0.15, 0.2) is 5.41 Å². The van der Waals surface area contributed by atoms with Crippen molar-refractivity contribution in [2.75, 3.05) is 0 Å². The molecule has 0 radical (unpaired) electrons. The van der Waals surface area contributed by atoms with E-state index in [4.69, 9.17) is 9.84 Å². The Labute approximate surface area is 89.6 Å². The van der Waals surface area contributed by atoms with Crippen molar-refractivity contribution in [2.45, 2.75) is 46.1 Å². The summed E-state index contributed by atoms with van der Waals surface area (Å²) in [5.41, 5.74) is -1.29. The molecule has 4 heteroatoms. The van der Waals surface area contributed by atoms with Crippen LogP contribution >= 0.6 is 0 Å². The Balaban J connectivity index is 2.80. The highest BCUT2D eigenvalue weighted by Gasteiger charge is 2.53. The third-order valence-electron chi connectivity index (χ3n) is 2.89. The van der Waals surface area contributed by atoms with Gasteiger partial charge in [0.25, 0.3) is 0 Å². The number of hydrogen-bond donors (Lipinski definition) is 1. The molecule has 1 saturated heterocycles. The van der Waals surface area contributed by atoms with Crippen LogP contribution in [-0.2, 0) is 14.3 Å². The molecule has 0 aromatic carbocycles. The van der Waals surface area contributed by atoms with Crippen molar-refractivity contribution < 1.29 is 19.4 Å². The molecule has 0 aromatic heterocycles. The lowest BCUT2D eigenvalue weighted by atomic mass is 9.79. The highest BCUT2D eigenvalue weighted by atomic mass is 16.6. The normalized spacial score (nSPS) is 30.7. The summed E-state index contributed by atoms with van der Waals surface area (Å²) >= 11 is 0. The molecule has 1 heterocycles. The molecule has 0 spiro atoms. The first-order valence-electron chi connectivity index (χ1n) is 5.33. The third kappa shape index (κ3) is 2.30. The van der Waals surface area contributed by atoms with Crippen LogP contribution in [0.25, 0.3) is 0 Å². The zero-order valence-electron chi connectivity index (χ0n) is 9.45. The van der Waals surface area contributed by atoms with Gasteiger partial charge < -0.3 is 9.84 Å². The van der Waals surface area contributed by atoms with Gasteiger partial charge in [-0.2, -0.15) is 0 Å². The molecular weight excluding hydrogens is 196 g/mol. The van der Waals surface area contributed by atoms with E-state index in [0.717, 1.165) is 6.42 Å². The molecule has 1 aliphatic rings. The lowest BCUT2D eigenvalue weighted by Gasteiger charge is -2.20. The van der Waals surface area contributed by atoms with E-state index >= 15 is 0 Å². The molecule has 4 nitrogen and oxygen atoms in total. The van der Waals surface area contributed by atoms with E-state index in [2.05, 4.69) is 0 Å². The average Bonchev–Trinajstić information content (AvgIpc) is 2.38. The average molecular weight is 214 g/mol. The van der Waals surface area contributed by atoms with Crippen LogP contribution in [0.3, 0.4) is 0 Å². The van der Waals surface area contributed by atoms with Crippen molar-refractivity contribution in [1.29, 1.82) is 0 Å². The first kappa shape index (κ1) is 12.0. The smallest absolute Gasteiger partial charge is 0.323 e. The highest BCUT2D eigenvalue weighted by molar-refractivity contribution is 6.00. The van der Waals surface area contributed by atoms with Crippen molar-refractivity contribution >= 4 is 11.9 Å². The predicted molar refractivity (Wildman–Crippen MR) is 54.3 cm³/mol. The van der Waals surface area contributed by atoms with Crippen molar-refractivity contribution in [2.24, 2.45) is 11.3 Å². The molecule has 1 aliphatic heterocycles. The van der Waals surface area contributed by atoms with E-state index in [1.807, 2.05) is 13.8 Å². The quantitative estimate of drug-likeness (QED) is 0.572. The molecule has 1 fully saturated rings. The molecule has 86 valence electrons. The number of hydrogen-bond acceptors (Lipinski definition) is 3. The molecular formula is C11H18O4. The molecule has 0 aliphatic carbocycles. The lowest BCUT2D eigenvalue weighted by molar-refractivity contribution is -0.161. The Hall–Kier alpha value is -1.06. The Morgan fingerprint density at radius 2 is 2.27 bits per heavy atom. The first-order chi connectivity index (χ1) is 6.88. The third-order valence-corrected chi connectivity index (χ3v) is 2.89. The number of ether oxygens (including phenoxy) is 1. The molecule has 2 unspecified atom stereocenters. The van der Waals surface area contributed by atoms with E-state index in [0.29, 0.717) is 18.8 Å². The number of esters is 1. The fourth-order valence-corrected chi connectivity index (χ4v) is 1.93. The zero-order chi connectivity index (χ0) is 11.6. The maximum absolute atomic E-state index is 11.6. The van der Waals surface area contributed by atoms with Gasteiger partial charge in [0.1, 0.15) is 6.10 Å². The van der Waals surface area contributed by atoms with Crippen molar-refractivity contribution in [3.63, 3.8) is 0 Å². The first-order valence-corrected chi connectivity index (χ1v) is 5.33. The summed E-state index contributed by atoms with van der Waals surface area (Å²) in [5, 5.41) is 9.16. The molecule has 0 bridgehead atoms. The maximum Gasteiger partial charge on any atom is 0.323 e.